The Hall–Kier alpha value is -7.46. The van der Waals surface area contributed by atoms with Crippen LogP contribution in [0.2, 0.25) is 5.02 Å². The summed E-state index contributed by atoms with van der Waals surface area (Å²) in [6.45, 7) is 13.5. The number of likely N-dealkylation sites (tertiary alicyclic amines) is 2. The number of carbonyl (C=O) groups is 2. The van der Waals surface area contributed by atoms with Gasteiger partial charge in [0.15, 0.2) is 5.82 Å². The summed E-state index contributed by atoms with van der Waals surface area (Å²) >= 11 is 6.81. The van der Waals surface area contributed by atoms with Gasteiger partial charge in [-0.1, -0.05) is 73.5 Å². The molecule has 4 aliphatic rings. The predicted octanol–water partition coefficient (Wildman–Crippen LogP) is 6.93. The van der Waals surface area contributed by atoms with E-state index in [2.05, 4.69) is 66.0 Å². The van der Waals surface area contributed by atoms with Gasteiger partial charge in [-0.15, -0.1) is 5.10 Å². The Kier molecular flexibility index (Phi) is 14.8. The molecule has 4 aromatic carbocycles. The van der Waals surface area contributed by atoms with E-state index < -0.39 is 0 Å². The number of halogens is 1. The number of piperazine rings is 1. The third-order valence-electron chi connectivity index (χ3n) is 15.4. The number of aromatic hydroxyl groups is 3. The molecule has 19 heteroatoms. The highest BCUT2D eigenvalue weighted by atomic mass is 35.5. The molecular formula is C56H63ClN12O6. The zero-order chi connectivity index (χ0) is 52.5. The summed E-state index contributed by atoms with van der Waals surface area (Å²) in [7, 11) is 2.05. The molecule has 0 radical (unpaired) electrons. The highest BCUT2D eigenvalue weighted by molar-refractivity contribution is 6.36. The van der Waals surface area contributed by atoms with E-state index in [1.165, 1.54) is 16.7 Å². The van der Waals surface area contributed by atoms with Gasteiger partial charge < -0.3 is 40.1 Å². The van der Waals surface area contributed by atoms with E-state index >= 15 is 0 Å². The maximum absolute atomic E-state index is 13.8. The molecule has 0 saturated carbocycles. The van der Waals surface area contributed by atoms with Crippen LogP contribution in [0.25, 0.3) is 27.8 Å². The molecule has 3 fully saturated rings. The lowest BCUT2D eigenvalue weighted by Gasteiger charge is -2.42. The van der Waals surface area contributed by atoms with E-state index in [9.17, 15) is 30.2 Å². The van der Waals surface area contributed by atoms with Crippen LogP contribution in [-0.2, 0) is 29.1 Å². The minimum Gasteiger partial charge on any atom is -0.508 e. The minimum absolute atomic E-state index is 0.00713. The van der Waals surface area contributed by atoms with Crippen LogP contribution < -0.4 is 19.9 Å². The number of carbonyl (C=O) groups excluding carboxylic acids is 2. The molecule has 390 valence electrons. The summed E-state index contributed by atoms with van der Waals surface area (Å²) in [6, 6.07) is 24.7. The van der Waals surface area contributed by atoms with Gasteiger partial charge in [0.1, 0.15) is 23.9 Å². The number of ether oxygens (including phenoxy) is 1. The first kappa shape index (κ1) is 51.0. The fraction of sp³-hybridized carbons (Fsp3) is 0.411. The van der Waals surface area contributed by atoms with Crippen LogP contribution in [0.1, 0.15) is 67.8 Å². The maximum atomic E-state index is 13.8. The van der Waals surface area contributed by atoms with E-state index in [0.29, 0.717) is 80.6 Å². The summed E-state index contributed by atoms with van der Waals surface area (Å²) in [4.78, 5) is 47.5. The van der Waals surface area contributed by atoms with Crippen LogP contribution in [0.5, 0.6) is 23.5 Å². The van der Waals surface area contributed by atoms with Crippen molar-refractivity contribution >= 4 is 45.7 Å². The molecule has 4 aliphatic heterocycles. The Morgan fingerprint density at radius 3 is 2.45 bits per heavy atom. The number of likely N-dealkylation sites (N-methyl/N-ethyl adjacent to an activating group) is 1. The molecule has 6 heterocycles. The lowest BCUT2D eigenvalue weighted by atomic mass is 9.95. The van der Waals surface area contributed by atoms with E-state index in [0.717, 1.165) is 71.6 Å². The third kappa shape index (κ3) is 10.6. The number of amides is 2. The predicted molar refractivity (Wildman–Crippen MR) is 286 cm³/mol. The number of fused-ring (bicyclic) bond motifs is 2. The fourth-order valence-electron chi connectivity index (χ4n) is 11.4. The van der Waals surface area contributed by atoms with E-state index in [1.807, 2.05) is 63.4 Å². The van der Waals surface area contributed by atoms with Crippen molar-refractivity contribution in [2.75, 3.05) is 69.3 Å². The second-order valence-electron chi connectivity index (χ2n) is 20.5. The number of rotatable bonds is 14. The number of anilines is 2. The smallest absolute Gasteiger partial charge is 0.319 e. The SMILES string of the molecule is C=CC(=O)N1CCN(c2nc(OC[C@@H]3C[C@@H](NC(=O)C4CCN(Cc5ccc(-n6c(O)nnc6-c6cc(C(C)C)c(O)cc6O)cc5)CC4)CN3C)nc3c2CCN(c2cccc4cccc(Cl)c24)C3)CC1CC#N. The largest absolute Gasteiger partial charge is 0.508 e. The highest BCUT2D eigenvalue weighted by Crippen LogP contribution is 2.40. The molecule has 0 aliphatic carbocycles. The molecule has 1 unspecified atom stereocenters. The zero-order valence-corrected chi connectivity index (χ0v) is 43.3. The van der Waals surface area contributed by atoms with Gasteiger partial charge in [-0.3, -0.25) is 19.4 Å². The average Bonchev–Trinajstić information content (AvgIpc) is 3.97. The van der Waals surface area contributed by atoms with Crippen molar-refractivity contribution in [3.63, 3.8) is 0 Å². The quantitative estimate of drug-likeness (QED) is 0.0815. The first-order valence-corrected chi connectivity index (χ1v) is 26.2. The van der Waals surface area contributed by atoms with Crippen LogP contribution in [-0.4, -0.2) is 144 Å². The Bertz CT molecular complexity index is 3150. The molecule has 6 aromatic rings. The van der Waals surface area contributed by atoms with Gasteiger partial charge in [-0.2, -0.15) is 15.2 Å². The molecule has 0 spiro atoms. The second-order valence-corrected chi connectivity index (χ2v) is 21.0. The van der Waals surface area contributed by atoms with E-state index in [4.69, 9.17) is 26.3 Å². The molecule has 0 bridgehead atoms. The lowest BCUT2D eigenvalue weighted by molar-refractivity contribution is -0.128. The van der Waals surface area contributed by atoms with Crippen molar-refractivity contribution in [3.8, 4) is 46.7 Å². The summed E-state index contributed by atoms with van der Waals surface area (Å²) in [5.74, 6) is 0.612. The Labute approximate surface area is 441 Å². The molecule has 18 nitrogen and oxygen atoms in total. The molecule has 75 heavy (non-hydrogen) atoms. The fourth-order valence-corrected chi connectivity index (χ4v) is 11.6. The van der Waals surface area contributed by atoms with Crippen LogP contribution in [0.3, 0.4) is 0 Å². The van der Waals surface area contributed by atoms with Gasteiger partial charge in [-0.25, -0.2) is 4.57 Å². The van der Waals surface area contributed by atoms with E-state index in [1.54, 1.807) is 11.0 Å². The number of benzene rings is 4. The minimum atomic E-state index is -0.325. The van der Waals surface area contributed by atoms with Crippen molar-refractivity contribution < 1.29 is 29.6 Å². The van der Waals surface area contributed by atoms with Gasteiger partial charge in [0, 0.05) is 80.0 Å². The number of nitrogens with one attached hydrogen (secondary N) is 1. The average molecular weight is 1040 g/mol. The van der Waals surface area contributed by atoms with Crippen molar-refractivity contribution in [2.24, 2.45) is 5.92 Å². The number of piperidine rings is 1. The van der Waals surface area contributed by atoms with Crippen LogP contribution in [0, 0.1) is 17.2 Å². The van der Waals surface area contributed by atoms with Gasteiger partial charge in [-0.05, 0) is 105 Å². The Balaban J connectivity index is 0.762. The summed E-state index contributed by atoms with van der Waals surface area (Å²) in [5, 5.41) is 55.7. The Morgan fingerprint density at radius 2 is 1.71 bits per heavy atom. The number of aromatic nitrogens is 5. The molecule has 2 amide bonds. The number of nitriles is 1. The number of phenolic OH excluding ortho intramolecular Hbond substituents is 2. The number of phenols is 2. The summed E-state index contributed by atoms with van der Waals surface area (Å²) < 4.78 is 8.00. The van der Waals surface area contributed by atoms with Crippen molar-refractivity contribution in [1.29, 1.82) is 5.26 Å². The van der Waals surface area contributed by atoms with Crippen LogP contribution in [0.4, 0.5) is 11.5 Å². The van der Waals surface area contributed by atoms with Crippen molar-refractivity contribution in [2.45, 2.75) is 83.1 Å². The van der Waals surface area contributed by atoms with Crippen molar-refractivity contribution in [3.05, 3.63) is 113 Å². The number of nitrogens with zero attached hydrogens (tertiary/aromatic N) is 11. The monoisotopic (exact) mass is 1030 g/mol. The molecule has 4 N–H and O–H groups in total. The number of hydrogen-bond donors (Lipinski definition) is 4. The zero-order valence-electron chi connectivity index (χ0n) is 42.6. The molecular weight excluding hydrogens is 972 g/mol. The normalized spacial score (nSPS) is 19.6. The van der Waals surface area contributed by atoms with Gasteiger partial charge in [0.2, 0.25) is 11.8 Å². The third-order valence-corrected chi connectivity index (χ3v) is 15.7. The van der Waals surface area contributed by atoms with Crippen molar-refractivity contribution in [1.82, 2.24) is 44.7 Å². The van der Waals surface area contributed by atoms with Gasteiger partial charge >= 0.3 is 12.0 Å². The highest BCUT2D eigenvalue weighted by Gasteiger charge is 2.36. The lowest BCUT2D eigenvalue weighted by Crippen LogP contribution is -2.55. The van der Waals surface area contributed by atoms with Gasteiger partial charge in [0.25, 0.3) is 0 Å². The number of hydrogen-bond acceptors (Lipinski definition) is 15. The van der Waals surface area contributed by atoms with Crippen LogP contribution >= 0.6 is 11.6 Å². The molecule has 10 rings (SSSR count). The molecule has 2 aromatic heterocycles. The topological polar surface area (TPSA) is 213 Å². The molecule has 3 atom stereocenters. The summed E-state index contributed by atoms with van der Waals surface area (Å²) in [6.07, 6.45) is 4.36. The van der Waals surface area contributed by atoms with E-state index in [-0.39, 0.29) is 77.5 Å². The first-order valence-electron chi connectivity index (χ1n) is 25.8. The summed E-state index contributed by atoms with van der Waals surface area (Å²) in [5.41, 5.74) is 5.59. The Morgan fingerprint density at radius 1 is 0.933 bits per heavy atom. The standard InChI is InChI=1S/C56H63ClN12O6/c1-5-50(72)68-25-24-67(31-40(68)16-20-58)52-42-19-23-66(47-11-7-9-36-8-6-10-45(57)51(36)47)32-46(42)60-55(61-52)75-33-41-26-38(30-64(41)4)59-54(73)37-17-21-65(22-18-37)29-35-12-14-39(15-13-35)69-53(62-63-56(69)74)44-27-43(34(2)3)48(70)28-49(44)71/h5-15,27-28,34,37-38,40-41,70-71H,1,16-19,21-26,29-33H2,2-4H3,(H,59,73)(H,63,74)/t38-,40?,41+/m1/s1. The second kappa shape index (κ2) is 21.8. The van der Waals surface area contributed by atoms with Crippen LogP contribution in [0.15, 0.2) is 85.5 Å². The molecule has 3 saturated heterocycles. The van der Waals surface area contributed by atoms with Gasteiger partial charge in [0.05, 0.1) is 47.0 Å². The first-order chi connectivity index (χ1) is 36.3. The maximum Gasteiger partial charge on any atom is 0.319 e.